The van der Waals surface area contributed by atoms with Gasteiger partial charge in [0.2, 0.25) is 0 Å². The van der Waals surface area contributed by atoms with E-state index in [1.807, 2.05) is 7.05 Å². The largest absolute Gasteiger partial charge is 0.573 e. The lowest BCUT2D eigenvalue weighted by Gasteiger charge is -2.27. The van der Waals surface area contributed by atoms with E-state index in [-0.39, 0.29) is 18.2 Å². The Kier molecular flexibility index (Phi) is 7.45. The number of nitrogens with zero attached hydrogens (tertiary/aromatic N) is 1. The average Bonchev–Trinajstić information content (AvgIpc) is 2.40. The molecule has 1 unspecified atom stereocenters. The minimum Gasteiger partial charge on any atom is -0.406 e. The Bertz CT molecular complexity index is 433. The fourth-order valence-electron chi connectivity index (χ4n) is 2.69. The third-order valence-corrected chi connectivity index (χ3v) is 3.58. The Morgan fingerprint density at radius 2 is 1.95 bits per heavy atom. The first-order valence-corrected chi connectivity index (χ1v) is 7.16. The molecule has 0 bridgehead atoms. The van der Waals surface area contributed by atoms with Gasteiger partial charge in [0.05, 0.1) is 0 Å². The molecule has 22 heavy (non-hydrogen) atoms. The summed E-state index contributed by atoms with van der Waals surface area (Å²) in [5, 5.41) is 3.38. The lowest BCUT2D eigenvalue weighted by Crippen LogP contribution is -2.36. The zero-order valence-electron chi connectivity index (χ0n) is 12.5. The number of hydrogen-bond acceptors (Lipinski definition) is 3. The summed E-state index contributed by atoms with van der Waals surface area (Å²) in [6.07, 6.45) is -2.19. The average molecular weight is 339 g/mol. The molecule has 2 rings (SSSR count). The molecule has 1 heterocycles. The fourth-order valence-corrected chi connectivity index (χ4v) is 2.69. The minimum atomic E-state index is -4.63. The van der Waals surface area contributed by atoms with E-state index in [1.165, 1.54) is 25.0 Å². The Labute approximate surface area is 135 Å². The molecule has 1 atom stereocenters. The van der Waals surface area contributed by atoms with Crippen molar-refractivity contribution >= 4 is 12.4 Å². The van der Waals surface area contributed by atoms with Crippen LogP contribution in [0.15, 0.2) is 24.3 Å². The van der Waals surface area contributed by atoms with Crippen LogP contribution in [-0.2, 0) is 6.54 Å². The normalized spacial score (nSPS) is 18.9. The third-order valence-electron chi connectivity index (χ3n) is 3.58. The molecule has 0 amide bonds. The Morgan fingerprint density at radius 3 is 2.50 bits per heavy atom. The van der Waals surface area contributed by atoms with Gasteiger partial charge in [-0.1, -0.05) is 12.1 Å². The first-order chi connectivity index (χ1) is 9.92. The highest BCUT2D eigenvalue weighted by Gasteiger charge is 2.30. The van der Waals surface area contributed by atoms with Gasteiger partial charge in [-0.3, -0.25) is 0 Å². The second-order valence-electron chi connectivity index (χ2n) is 5.60. The Hall–Kier alpha value is -0.980. The topological polar surface area (TPSA) is 24.5 Å². The predicted octanol–water partition coefficient (Wildman–Crippen LogP) is 3.44. The van der Waals surface area contributed by atoms with Gasteiger partial charge in [-0.15, -0.1) is 25.6 Å². The van der Waals surface area contributed by atoms with Gasteiger partial charge in [-0.05, 0) is 56.6 Å². The first-order valence-electron chi connectivity index (χ1n) is 7.16. The van der Waals surface area contributed by atoms with Crippen molar-refractivity contribution < 1.29 is 17.9 Å². The summed E-state index contributed by atoms with van der Waals surface area (Å²) >= 11 is 0. The van der Waals surface area contributed by atoms with Gasteiger partial charge in [0, 0.05) is 13.1 Å². The highest BCUT2D eigenvalue weighted by atomic mass is 35.5. The summed E-state index contributed by atoms with van der Waals surface area (Å²) < 4.78 is 40.1. The van der Waals surface area contributed by atoms with Crippen molar-refractivity contribution in [2.24, 2.45) is 5.92 Å². The molecule has 126 valence electrons. The van der Waals surface area contributed by atoms with E-state index in [2.05, 4.69) is 15.0 Å². The summed E-state index contributed by atoms with van der Waals surface area (Å²) in [6.45, 7) is 3.86. The smallest absolute Gasteiger partial charge is 0.406 e. The molecule has 1 aliphatic heterocycles. The molecule has 0 spiro atoms. The number of piperidine rings is 1. The molecular weight excluding hydrogens is 317 g/mol. The molecule has 1 saturated heterocycles. The molecule has 0 aliphatic carbocycles. The number of halogens is 4. The third kappa shape index (κ3) is 6.85. The number of alkyl halides is 3. The first kappa shape index (κ1) is 19.1. The van der Waals surface area contributed by atoms with Gasteiger partial charge in [0.25, 0.3) is 0 Å². The standard InChI is InChI=1S/C15H21F3N2O.ClH/c1-20(11-13-3-2-8-19-9-13)10-12-4-6-14(7-5-12)21-15(16,17)18;/h4-7,13,19H,2-3,8-11H2,1H3;1H. The molecule has 1 aromatic carbocycles. The van der Waals surface area contributed by atoms with E-state index in [0.717, 1.165) is 31.7 Å². The van der Waals surface area contributed by atoms with Crippen molar-refractivity contribution in [2.75, 3.05) is 26.7 Å². The molecule has 3 nitrogen and oxygen atoms in total. The van der Waals surface area contributed by atoms with Crippen LogP contribution >= 0.6 is 12.4 Å². The van der Waals surface area contributed by atoms with Crippen LogP contribution in [0.2, 0.25) is 0 Å². The zero-order chi connectivity index (χ0) is 15.3. The van der Waals surface area contributed by atoms with Crippen molar-refractivity contribution in [3.63, 3.8) is 0 Å². The molecule has 0 aromatic heterocycles. The Morgan fingerprint density at radius 1 is 1.27 bits per heavy atom. The number of benzene rings is 1. The van der Waals surface area contributed by atoms with E-state index >= 15 is 0 Å². The SMILES string of the molecule is CN(Cc1ccc(OC(F)(F)F)cc1)CC1CCCNC1.Cl. The fraction of sp³-hybridized carbons (Fsp3) is 0.600. The maximum atomic E-state index is 12.1. The maximum Gasteiger partial charge on any atom is 0.573 e. The van der Waals surface area contributed by atoms with E-state index < -0.39 is 6.36 Å². The molecule has 1 fully saturated rings. The van der Waals surface area contributed by atoms with Crippen molar-refractivity contribution in [3.05, 3.63) is 29.8 Å². The van der Waals surface area contributed by atoms with Gasteiger partial charge in [-0.25, -0.2) is 0 Å². The lowest BCUT2D eigenvalue weighted by atomic mass is 9.99. The molecule has 0 saturated carbocycles. The van der Waals surface area contributed by atoms with E-state index in [1.54, 1.807) is 12.1 Å². The quantitative estimate of drug-likeness (QED) is 0.890. The number of rotatable bonds is 5. The number of nitrogens with one attached hydrogen (secondary N) is 1. The molecule has 1 aromatic rings. The predicted molar refractivity (Wildman–Crippen MR) is 82.3 cm³/mol. The second-order valence-corrected chi connectivity index (χ2v) is 5.60. The van der Waals surface area contributed by atoms with E-state index in [0.29, 0.717) is 5.92 Å². The summed E-state index contributed by atoms with van der Waals surface area (Å²) in [4.78, 5) is 2.21. The van der Waals surface area contributed by atoms with Crippen molar-refractivity contribution in [1.29, 1.82) is 0 Å². The maximum absolute atomic E-state index is 12.1. The van der Waals surface area contributed by atoms with Gasteiger partial charge in [0.1, 0.15) is 5.75 Å². The van der Waals surface area contributed by atoms with Crippen LogP contribution in [0, 0.1) is 5.92 Å². The van der Waals surface area contributed by atoms with Crippen molar-refractivity contribution in [1.82, 2.24) is 10.2 Å². The van der Waals surface area contributed by atoms with Crippen LogP contribution in [-0.4, -0.2) is 37.9 Å². The summed E-state index contributed by atoms with van der Waals surface area (Å²) in [7, 11) is 2.04. The zero-order valence-corrected chi connectivity index (χ0v) is 13.3. The molecule has 1 N–H and O–H groups in total. The lowest BCUT2D eigenvalue weighted by molar-refractivity contribution is -0.274. The van der Waals surface area contributed by atoms with Crippen LogP contribution in [0.1, 0.15) is 18.4 Å². The highest BCUT2D eigenvalue weighted by Crippen LogP contribution is 2.23. The van der Waals surface area contributed by atoms with Crippen LogP contribution in [0.25, 0.3) is 0 Å². The van der Waals surface area contributed by atoms with Gasteiger partial charge < -0.3 is 15.0 Å². The van der Waals surface area contributed by atoms with Crippen LogP contribution in [0.4, 0.5) is 13.2 Å². The molecular formula is C15H22ClF3N2O. The number of ether oxygens (including phenoxy) is 1. The molecule has 0 radical (unpaired) electrons. The van der Waals surface area contributed by atoms with Crippen molar-refractivity contribution in [2.45, 2.75) is 25.7 Å². The van der Waals surface area contributed by atoms with Crippen LogP contribution in [0.5, 0.6) is 5.75 Å². The van der Waals surface area contributed by atoms with Crippen LogP contribution < -0.4 is 10.1 Å². The minimum absolute atomic E-state index is 0. The van der Waals surface area contributed by atoms with Gasteiger partial charge >= 0.3 is 6.36 Å². The van der Waals surface area contributed by atoms with Crippen LogP contribution in [0.3, 0.4) is 0 Å². The molecule has 7 heteroatoms. The van der Waals surface area contributed by atoms with Crippen molar-refractivity contribution in [3.8, 4) is 5.75 Å². The van der Waals surface area contributed by atoms with Gasteiger partial charge in [-0.2, -0.15) is 0 Å². The second kappa shape index (κ2) is 8.60. The number of hydrogen-bond donors (Lipinski definition) is 1. The summed E-state index contributed by atoms with van der Waals surface area (Å²) in [5.41, 5.74) is 0.982. The van der Waals surface area contributed by atoms with Gasteiger partial charge in [0.15, 0.2) is 0 Å². The van der Waals surface area contributed by atoms with E-state index in [4.69, 9.17) is 0 Å². The monoisotopic (exact) mass is 338 g/mol. The molecule has 1 aliphatic rings. The Balaban J connectivity index is 0.00000242. The van der Waals surface area contributed by atoms with E-state index in [9.17, 15) is 13.2 Å². The summed E-state index contributed by atoms with van der Waals surface area (Å²) in [6, 6.07) is 6.07. The summed E-state index contributed by atoms with van der Waals surface area (Å²) in [5.74, 6) is 0.474. The highest BCUT2D eigenvalue weighted by molar-refractivity contribution is 5.85.